The SMILES string of the molecule is CC=C[C@@H](CC)CO. The van der Waals surface area contributed by atoms with E-state index in [0.29, 0.717) is 5.92 Å². The summed E-state index contributed by atoms with van der Waals surface area (Å²) in [4.78, 5) is 0. The molecule has 0 bridgehead atoms. The van der Waals surface area contributed by atoms with Gasteiger partial charge in [0.15, 0.2) is 0 Å². The summed E-state index contributed by atoms with van der Waals surface area (Å²) in [7, 11) is 0. The van der Waals surface area contributed by atoms with Gasteiger partial charge in [-0.2, -0.15) is 0 Å². The highest BCUT2D eigenvalue weighted by Gasteiger charge is 1.95. The Labute approximate surface area is 51.0 Å². The van der Waals surface area contributed by atoms with Crippen molar-refractivity contribution in [1.29, 1.82) is 0 Å². The van der Waals surface area contributed by atoms with Gasteiger partial charge in [0.2, 0.25) is 0 Å². The second kappa shape index (κ2) is 4.85. The molecule has 1 nitrogen and oxygen atoms in total. The van der Waals surface area contributed by atoms with Gasteiger partial charge in [0.25, 0.3) is 0 Å². The number of allylic oxidation sites excluding steroid dienone is 1. The summed E-state index contributed by atoms with van der Waals surface area (Å²) in [6.07, 6.45) is 5.03. The Balaban J connectivity index is 3.36. The quantitative estimate of drug-likeness (QED) is 0.552. The molecule has 0 rings (SSSR count). The fourth-order valence-electron chi connectivity index (χ4n) is 0.598. The van der Waals surface area contributed by atoms with Gasteiger partial charge in [-0.1, -0.05) is 19.1 Å². The Morgan fingerprint density at radius 1 is 1.62 bits per heavy atom. The minimum absolute atomic E-state index is 0.279. The van der Waals surface area contributed by atoms with Crippen molar-refractivity contribution >= 4 is 0 Å². The first-order chi connectivity index (χ1) is 3.85. The first-order valence-corrected chi connectivity index (χ1v) is 3.08. The van der Waals surface area contributed by atoms with E-state index in [1.807, 2.05) is 19.1 Å². The molecule has 1 N–H and O–H groups in total. The zero-order valence-corrected chi connectivity index (χ0v) is 5.59. The highest BCUT2D eigenvalue weighted by atomic mass is 16.3. The molecule has 48 valence electrons. The van der Waals surface area contributed by atoms with Crippen LogP contribution in [0.25, 0.3) is 0 Å². The van der Waals surface area contributed by atoms with Crippen molar-refractivity contribution in [3.05, 3.63) is 12.2 Å². The van der Waals surface area contributed by atoms with E-state index in [1.54, 1.807) is 0 Å². The van der Waals surface area contributed by atoms with Crippen LogP contribution in [0.15, 0.2) is 12.2 Å². The Morgan fingerprint density at radius 2 is 2.25 bits per heavy atom. The molecule has 0 saturated heterocycles. The van der Waals surface area contributed by atoms with Crippen LogP contribution < -0.4 is 0 Å². The lowest BCUT2D eigenvalue weighted by Gasteiger charge is -2.01. The van der Waals surface area contributed by atoms with Gasteiger partial charge in [0.1, 0.15) is 0 Å². The summed E-state index contributed by atoms with van der Waals surface area (Å²) >= 11 is 0. The molecule has 0 aromatic rings. The Kier molecular flexibility index (Phi) is 4.67. The highest BCUT2D eigenvalue weighted by molar-refractivity contribution is 4.83. The monoisotopic (exact) mass is 114 g/mol. The number of aliphatic hydroxyl groups is 1. The van der Waals surface area contributed by atoms with Crippen LogP contribution in [0.5, 0.6) is 0 Å². The van der Waals surface area contributed by atoms with Gasteiger partial charge in [-0.15, -0.1) is 0 Å². The molecule has 0 unspecified atom stereocenters. The standard InChI is InChI=1S/C7H14O/c1-3-5-7(4-2)6-8/h3,5,7-8H,4,6H2,1-2H3/t7-/m1/s1. The van der Waals surface area contributed by atoms with Crippen LogP contribution in [-0.4, -0.2) is 11.7 Å². The van der Waals surface area contributed by atoms with Crippen LogP contribution in [0.3, 0.4) is 0 Å². The predicted octanol–water partition coefficient (Wildman–Crippen LogP) is 1.58. The number of hydrogen-bond donors (Lipinski definition) is 1. The van der Waals surface area contributed by atoms with E-state index >= 15 is 0 Å². The normalized spacial score (nSPS) is 14.9. The van der Waals surface area contributed by atoms with E-state index < -0.39 is 0 Å². The Bertz CT molecular complexity index is 62.8. The van der Waals surface area contributed by atoms with E-state index in [2.05, 4.69) is 6.92 Å². The average molecular weight is 114 g/mol. The lowest BCUT2D eigenvalue weighted by atomic mass is 10.1. The molecule has 0 aliphatic carbocycles. The van der Waals surface area contributed by atoms with E-state index in [1.165, 1.54) is 0 Å². The Hall–Kier alpha value is -0.300. The third kappa shape index (κ3) is 2.80. The maximum atomic E-state index is 8.61. The molecule has 8 heavy (non-hydrogen) atoms. The van der Waals surface area contributed by atoms with Crippen molar-refractivity contribution in [3.63, 3.8) is 0 Å². The lowest BCUT2D eigenvalue weighted by molar-refractivity contribution is 0.249. The number of hydrogen-bond acceptors (Lipinski definition) is 1. The molecule has 0 aliphatic heterocycles. The fraction of sp³-hybridized carbons (Fsp3) is 0.714. The summed E-state index contributed by atoms with van der Waals surface area (Å²) < 4.78 is 0. The molecule has 0 aromatic carbocycles. The molecule has 0 heterocycles. The van der Waals surface area contributed by atoms with Crippen LogP contribution in [0, 0.1) is 5.92 Å². The van der Waals surface area contributed by atoms with Gasteiger partial charge in [-0.3, -0.25) is 0 Å². The minimum atomic E-state index is 0.279. The number of rotatable bonds is 3. The van der Waals surface area contributed by atoms with E-state index in [-0.39, 0.29) is 6.61 Å². The molecule has 0 saturated carbocycles. The van der Waals surface area contributed by atoms with Crippen molar-refractivity contribution < 1.29 is 5.11 Å². The maximum absolute atomic E-state index is 8.61. The lowest BCUT2D eigenvalue weighted by Crippen LogP contribution is -1.98. The molecule has 0 radical (unpaired) electrons. The zero-order valence-electron chi connectivity index (χ0n) is 5.59. The van der Waals surface area contributed by atoms with Gasteiger partial charge >= 0.3 is 0 Å². The van der Waals surface area contributed by atoms with E-state index in [0.717, 1.165) is 6.42 Å². The van der Waals surface area contributed by atoms with Gasteiger partial charge in [-0.05, 0) is 19.3 Å². The number of aliphatic hydroxyl groups excluding tert-OH is 1. The topological polar surface area (TPSA) is 20.2 Å². The molecule has 0 fully saturated rings. The van der Waals surface area contributed by atoms with Crippen molar-refractivity contribution in [1.82, 2.24) is 0 Å². The second-order valence-electron chi connectivity index (χ2n) is 1.88. The third-order valence-corrected chi connectivity index (χ3v) is 1.22. The molecule has 1 atom stereocenters. The fourth-order valence-corrected chi connectivity index (χ4v) is 0.598. The summed E-state index contributed by atoms with van der Waals surface area (Å²) in [5.41, 5.74) is 0. The molecule has 1 heteroatoms. The third-order valence-electron chi connectivity index (χ3n) is 1.22. The summed E-state index contributed by atoms with van der Waals surface area (Å²) in [5, 5.41) is 8.61. The van der Waals surface area contributed by atoms with Crippen LogP contribution in [0.1, 0.15) is 20.3 Å². The molecular formula is C7H14O. The van der Waals surface area contributed by atoms with Crippen molar-refractivity contribution in [2.75, 3.05) is 6.61 Å². The van der Waals surface area contributed by atoms with Gasteiger partial charge < -0.3 is 5.11 Å². The molecular weight excluding hydrogens is 100 g/mol. The first-order valence-electron chi connectivity index (χ1n) is 3.08. The van der Waals surface area contributed by atoms with Crippen LogP contribution >= 0.6 is 0 Å². The summed E-state index contributed by atoms with van der Waals surface area (Å²) in [6, 6.07) is 0. The first kappa shape index (κ1) is 7.70. The Morgan fingerprint density at radius 3 is 2.38 bits per heavy atom. The molecule has 0 aliphatic rings. The average Bonchev–Trinajstić information content (AvgIpc) is 1.83. The maximum Gasteiger partial charge on any atom is 0.0493 e. The second-order valence-corrected chi connectivity index (χ2v) is 1.88. The smallest absolute Gasteiger partial charge is 0.0493 e. The van der Waals surface area contributed by atoms with Crippen molar-refractivity contribution in [3.8, 4) is 0 Å². The van der Waals surface area contributed by atoms with Crippen LogP contribution in [-0.2, 0) is 0 Å². The minimum Gasteiger partial charge on any atom is -0.396 e. The largest absolute Gasteiger partial charge is 0.396 e. The van der Waals surface area contributed by atoms with Crippen molar-refractivity contribution in [2.45, 2.75) is 20.3 Å². The summed E-state index contributed by atoms with van der Waals surface area (Å²) in [6.45, 7) is 4.32. The summed E-state index contributed by atoms with van der Waals surface area (Å²) in [5.74, 6) is 0.375. The zero-order chi connectivity index (χ0) is 6.41. The predicted molar refractivity (Wildman–Crippen MR) is 35.7 cm³/mol. The van der Waals surface area contributed by atoms with E-state index in [4.69, 9.17) is 5.11 Å². The van der Waals surface area contributed by atoms with Crippen molar-refractivity contribution in [2.24, 2.45) is 5.92 Å². The molecule has 0 amide bonds. The highest BCUT2D eigenvalue weighted by Crippen LogP contribution is 2.01. The van der Waals surface area contributed by atoms with Gasteiger partial charge in [0, 0.05) is 6.61 Å². The molecule has 0 spiro atoms. The van der Waals surface area contributed by atoms with Gasteiger partial charge in [0.05, 0.1) is 0 Å². The van der Waals surface area contributed by atoms with Crippen LogP contribution in [0.4, 0.5) is 0 Å². The van der Waals surface area contributed by atoms with Gasteiger partial charge in [-0.25, -0.2) is 0 Å². The van der Waals surface area contributed by atoms with Crippen LogP contribution in [0.2, 0.25) is 0 Å². The van der Waals surface area contributed by atoms with E-state index in [9.17, 15) is 0 Å². The molecule has 0 aromatic heterocycles.